The van der Waals surface area contributed by atoms with Gasteiger partial charge < -0.3 is 5.73 Å². The van der Waals surface area contributed by atoms with E-state index in [-0.39, 0.29) is 11.3 Å². The van der Waals surface area contributed by atoms with Gasteiger partial charge in [-0.25, -0.2) is 4.98 Å². The molecule has 0 amide bonds. The average molecular weight is 260 g/mol. The number of hydrogen-bond donors (Lipinski definition) is 2. The standard InChI is InChI=1S/C13H16N4S/c1-13(2,3)10-9(11(14)15)18-12(17-10)8-4-6-16-7-5-8/h4-7H,1-3H3,(H3,14,15). The molecule has 18 heavy (non-hydrogen) atoms. The molecule has 2 rings (SSSR count). The summed E-state index contributed by atoms with van der Waals surface area (Å²) >= 11 is 1.46. The first-order valence-electron chi connectivity index (χ1n) is 5.65. The lowest BCUT2D eigenvalue weighted by atomic mass is 9.91. The molecule has 0 saturated carbocycles. The van der Waals surface area contributed by atoms with Gasteiger partial charge in [-0.05, 0) is 12.1 Å². The van der Waals surface area contributed by atoms with Crippen molar-refractivity contribution in [2.45, 2.75) is 26.2 Å². The van der Waals surface area contributed by atoms with Gasteiger partial charge in [0.2, 0.25) is 0 Å². The minimum absolute atomic E-state index is 0.0812. The van der Waals surface area contributed by atoms with E-state index >= 15 is 0 Å². The molecule has 5 heteroatoms. The van der Waals surface area contributed by atoms with Crippen LogP contribution in [0, 0.1) is 5.41 Å². The van der Waals surface area contributed by atoms with E-state index in [9.17, 15) is 0 Å². The molecule has 94 valence electrons. The van der Waals surface area contributed by atoms with Crippen molar-refractivity contribution >= 4 is 17.2 Å². The maximum atomic E-state index is 7.67. The van der Waals surface area contributed by atoms with Crippen molar-refractivity contribution in [1.82, 2.24) is 9.97 Å². The lowest BCUT2D eigenvalue weighted by Crippen LogP contribution is -2.19. The summed E-state index contributed by atoms with van der Waals surface area (Å²) in [5, 5.41) is 8.55. The lowest BCUT2D eigenvalue weighted by Gasteiger charge is -2.16. The van der Waals surface area contributed by atoms with Gasteiger partial charge in [0.15, 0.2) is 0 Å². The predicted molar refractivity (Wildman–Crippen MR) is 75.1 cm³/mol. The highest BCUT2D eigenvalue weighted by atomic mass is 32.1. The molecule has 0 fully saturated rings. The number of amidine groups is 1. The maximum Gasteiger partial charge on any atom is 0.135 e. The van der Waals surface area contributed by atoms with Gasteiger partial charge in [0, 0.05) is 23.4 Å². The third-order valence-corrected chi connectivity index (χ3v) is 3.65. The van der Waals surface area contributed by atoms with E-state index < -0.39 is 0 Å². The van der Waals surface area contributed by atoms with Crippen LogP contribution in [-0.4, -0.2) is 15.8 Å². The van der Waals surface area contributed by atoms with Crippen molar-refractivity contribution in [2.75, 3.05) is 0 Å². The minimum Gasteiger partial charge on any atom is -0.383 e. The van der Waals surface area contributed by atoms with Crippen LogP contribution in [0.15, 0.2) is 24.5 Å². The molecule has 0 atom stereocenters. The molecular formula is C13H16N4S. The molecule has 0 aliphatic rings. The van der Waals surface area contributed by atoms with Crippen molar-refractivity contribution in [3.05, 3.63) is 35.1 Å². The zero-order valence-corrected chi connectivity index (χ0v) is 11.5. The molecule has 0 spiro atoms. The summed E-state index contributed by atoms with van der Waals surface area (Å²) in [6, 6.07) is 3.82. The Bertz CT molecular complexity index is 566. The number of nitrogens with two attached hydrogens (primary N) is 1. The molecule has 2 heterocycles. The Labute approximate surface area is 110 Å². The average Bonchev–Trinajstić information content (AvgIpc) is 2.74. The van der Waals surface area contributed by atoms with Crippen molar-refractivity contribution in [3.63, 3.8) is 0 Å². The summed E-state index contributed by atoms with van der Waals surface area (Å²) in [6.45, 7) is 6.22. The number of nitrogens with one attached hydrogen (secondary N) is 1. The topological polar surface area (TPSA) is 75.7 Å². The predicted octanol–water partition coefficient (Wildman–Crippen LogP) is 2.79. The number of thiazole rings is 1. The van der Waals surface area contributed by atoms with Gasteiger partial charge in [0.1, 0.15) is 10.8 Å². The summed E-state index contributed by atoms with van der Waals surface area (Å²) in [5.41, 5.74) is 7.41. The fraction of sp³-hybridized carbons (Fsp3) is 0.308. The van der Waals surface area contributed by atoms with E-state index in [1.807, 2.05) is 12.1 Å². The fourth-order valence-corrected chi connectivity index (χ4v) is 2.77. The Balaban J connectivity index is 2.57. The van der Waals surface area contributed by atoms with Crippen LogP contribution in [0.5, 0.6) is 0 Å². The van der Waals surface area contributed by atoms with Crippen LogP contribution in [0.4, 0.5) is 0 Å². The van der Waals surface area contributed by atoms with E-state index in [2.05, 4.69) is 30.7 Å². The Morgan fingerprint density at radius 1 is 1.28 bits per heavy atom. The number of nitrogen functional groups attached to an aromatic ring is 1. The molecular weight excluding hydrogens is 244 g/mol. The highest BCUT2D eigenvalue weighted by molar-refractivity contribution is 7.17. The minimum atomic E-state index is -0.122. The number of aromatic nitrogens is 2. The third-order valence-electron chi connectivity index (χ3n) is 2.51. The second-order valence-electron chi connectivity index (χ2n) is 5.10. The smallest absolute Gasteiger partial charge is 0.135 e. The fourth-order valence-electron chi connectivity index (χ4n) is 1.63. The molecule has 0 saturated heterocycles. The van der Waals surface area contributed by atoms with Crippen molar-refractivity contribution in [1.29, 1.82) is 5.41 Å². The Morgan fingerprint density at radius 3 is 2.33 bits per heavy atom. The summed E-state index contributed by atoms with van der Waals surface area (Å²) in [6.07, 6.45) is 3.47. The van der Waals surface area contributed by atoms with Crippen LogP contribution in [0.2, 0.25) is 0 Å². The second-order valence-corrected chi connectivity index (χ2v) is 6.10. The van der Waals surface area contributed by atoms with E-state index in [0.717, 1.165) is 21.1 Å². The zero-order valence-electron chi connectivity index (χ0n) is 10.7. The van der Waals surface area contributed by atoms with Crippen molar-refractivity contribution in [3.8, 4) is 10.6 Å². The monoisotopic (exact) mass is 260 g/mol. The molecule has 0 aliphatic heterocycles. The van der Waals surface area contributed by atoms with Gasteiger partial charge in [0.25, 0.3) is 0 Å². The molecule has 4 nitrogen and oxygen atoms in total. The molecule has 3 N–H and O–H groups in total. The molecule has 2 aromatic rings. The summed E-state index contributed by atoms with van der Waals surface area (Å²) in [7, 11) is 0. The van der Waals surface area contributed by atoms with Crippen LogP contribution in [0.1, 0.15) is 31.3 Å². The van der Waals surface area contributed by atoms with Crippen LogP contribution in [0.25, 0.3) is 10.6 Å². The van der Waals surface area contributed by atoms with Gasteiger partial charge in [-0.1, -0.05) is 20.8 Å². The number of pyridine rings is 1. The normalized spacial score (nSPS) is 11.5. The van der Waals surface area contributed by atoms with Gasteiger partial charge in [-0.3, -0.25) is 10.4 Å². The molecule has 0 bridgehead atoms. The molecule has 0 unspecified atom stereocenters. The Kier molecular flexibility index (Phi) is 3.17. The van der Waals surface area contributed by atoms with E-state index in [4.69, 9.17) is 11.1 Å². The first-order valence-corrected chi connectivity index (χ1v) is 6.47. The molecule has 0 radical (unpaired) electrons. The first kappa shape index (κ1) is 12.7. The highest BCUT2D eigenvalue weighted by Gasteiger charge is 2.24. The van der Waals surface area contributed by atoms with Crippen LogP contribution < -0.4 is 5.73 Å². The number of rotatable bonds is 2. The van der Waals surface area contributed by atoms with Gasteiger partial charge in [-0.2, -0.15) is 0 Å². The highest BCUT2D eigenvalue weighted by Crippen LogP contribution is 2.33. The maximum absolute atomic E-state index is 7.67. The van der Waals surface area contributed by atoms with Crippen LogP contribution in [-0.2, 0) is 5.41 Å². The largest absolute Gasteiger partial charge is 0.383 e. The van der Waals surface area contributed by atoms with E-state index in [1.165, 1.54) is 11.3 Å². The lowest BCUT2D eigenvalue weighted by molar-refractivity contribution is 0.572. The Hall–Kier alpha value is -1.75. The first-order chi connectivity index (χ1) is 8.39. The Morgan fingerprint density at radius 2 is 1.89 bits per heavy atom. The summed E-state index contributed by atoms with van der Waals surface area (Å²) in [4.78, 5) is 9.40. The summed E-state index contributed by atoms with van der Waals surface area (Å²) in [5.74, 6) is 0.0812. The SMILES string of the molecule is CC(C)(C)c1nc(-c2ccncc2)sc1C(=N)N. The van der Waals surface area contributed by atoms with Crippen LogP contribution >= 0.6 is 11.3 Å². The second kappa shape index (κ2) is 4.49. The summed E-state index contributed by atoms with van der Waals surface area (Å²) < 4.78 is 0. The molecule has 0 aromatic carbocycles. The quantitative estimate of drug-likeness (QED) is 0.644. The number of nitrogens with zero attached hydrogens (tertiary/aromatic N) is 2. The van der Waals surface area contributed by atoms with Gasteiger partial charge in [-0.15, -0.1) is 11.3 Å². The van der Waals surface area contributed by atoms with Crippen molar-refractivity contribution in [2.24, 2.45) is 5.73 Å². The number of hydrogen-bond acceptors (Lipinski definition) is 4. The van der Waals surface area contributed by atoms with E-state index in [0.29, 0.717) is 0 Å². The zero-order chi connectivity index (χ0) is 13.3. The molecule has 2 aromatic heterocycles. The van der Waals surface area contributed by atoms with Crippen molar-refractivity contribution < 1.29 is 0 Å². The molecule has 0 aliphatic carbocycles. The van der Waals surface area contributed by atoms with Crippen LogP contribution in [0.3, 0.4) is 0 Å². The van der Waals surface area contributed by atoms with Gasteiger partial charge in [0.05, 0.1) is 10.6 Å². The van der Waals surface area contributed by atoms with E-state index in [1.54, 1.807) is 12.4 Å². The van der Waals surface area contributed by atoms with Gasteiger partial charge >= 0.3 is 0 Å². The third kappa shape index (κ3) is 2.41.